The molecule has 0 saturated heterocycles. The van der Waals surface area contributed by atoms with Crippen molar-refractivity contribution in [1.29, 1.82) is 0 Å². The molecular formula is C28H34ClN5O3. The number of alkyl carbamates (subject to hydrolysis) is 1. The van der Waals surface area contributed by atoms with Crippen LogP contribution >= 0.6 is 11.6 Å². The number of hydrogen-bond donors (Lipinski definition) is 1. The molecule has 0 unspecified atom stereocenters. The summed E-state index contributed by atoms with van der Waals surface area (Å²) >= 11 is 6.40. The number of nitrogens with one attached hydrogen (secondary N) is 1. The number of ether oxygens (including phenoxy) is 2. The summed E-state index contributed by atoms with van der Waals surface area (Å²) in [5, 5.41) is 13.0. The fourth-order valence-corrected chi connectivity index (χ4v) is 5.47. The Morgan fingerprint density at radius 3 is 2.65 bits per heavy atom. The standard InChI is InChI=1S/C28H34ClN5O3/c1-28(2,3)37-27(35)31-17-18-14-20-16-21(29)9-12-23(20)34-24(15-18)32-33-26(34)19-7-10-22(11-8-19)36-25-6-4-5-13-30-25/h4-6,9,12-13,16,18-19,22H,7-8,10-11,14-15,17H2,1-3H3,(H,31,35)/t18-,19?,22?/m1/s1. The number of fused-ring (bicyclic) bond motifs is 3. The number of pyridine rings is 1. The van der Waals surface area contributed by atoms with Crippen LogP contribution in [0.15, 0.2) is 42.6 Å². The fraction of sp³-hybridized carbons (Fsp3) is 0.500. The molecule has 2 aromatic heterocycles. The molecule has 2 aliphatic rings. The Morgan fingerprint density at radius 1 is 1.11 bits per heavy atom. The molecule has 1 aliphatic carbocycles. The van der Waals surface area contributed by atoms with Crippen molar-refractivity contribution in [2.24, 2.45) is 5.92 Å². The van der Waals surface area contributed by atoms with E-state index in [1.807, 2.05) is 51.1 Å². The maximum absolute atomic E-state index is 12.3. The number of halogens is 1. The molecule has 0 radical (unpaired) electrons. The van der Waals surface area contributed by atoms with Crippen molar-refractivity contribution in [3.05, 3.63) is 64.8 Å². The number of hydrogen-bond acceptors (Lipinski definition) is 6. The molecule has 1 atom stereocenters. The van der Waals surface area contributed by atoms with E-state index in [0.29, 0.717) is 29.8 Å². The van der Waals surface area contributed by atoms with Crippen LogP contribution in [0.2, 0.25) is 5.02 Å². The third kappa shape index (κ3) is 6.24. The van der Waals surface area contributed by atoms with Crippen molar-refractivity contribution in [3.63, 3.8) is 0 Å². The number of rotatable bonds is 5. The molecule has 3 aromatic rings. The summed E-state index contributed by atoms with van der Waals surface area (Å²) in [6.07, 6.45) is 6.82. The van der Waals surface area contributed by atoms with Gasteiger partial charge in [0, 0.05) is 36.2 Å². The summed E-state index contributed by atoms with van der Waals surface area (Å²) in [5.74, 6) is 3.03. The van der Waals surface area contributed by atoms with E-state index in [0.717, 1.165) is 55.0 Å². The highest BCUT2D eigenvalue weighted by Gasteiger charge is 2.32. The van der Waals surface area contributed by atoms with E-state index in [1.165, 1.54) is 0 Å². The number of carbonyl (C=O) groups is 1. The van der Waals surface area contributed by atoms with E-state index >= 15 is 0 Å². The summed E-state index contributed by atoms with van der Waals surface area (Å²) in [7, 11) is 0. The van der Waals surface area contributed by atoms with Gasteiger partial charge in [0.25, 0.3) is 0 Å². The fourth-order valence-electron chi connectivity index (χ4n) is 5.28. The smallest absolute Gasteiger partial charge is 0.407 e. The van der Waals surface area contributed by atoms with Crippen LogP contribution < -0.4 is 10.1 Å². The number of carbonyl (C=O) groups excluding carboxylic acids is 1. The lowest BCUT2D eigenvalue weighted by Gasteiger charge is -2.28. The monoisotopic (exact) mass is 523 g/mol. The van der Waals surface area contributed by atoms with Gasteiger partial charge in [0.05, 0.1) is 5.69 Å². The third-order valence-electron chi connectivity index (χ3n) is 6.92. The molecule has 1 saturated carbocycles. The second-order valence-corrected chi connectivity index (χ2v) is 11.4. The molecule has 1 aliphatic heterocycles. The van der Waals surface area contributed by atoms with E-state index in [9.17, 15) is 4.79 Å². The van der Waals surface area contributed by atoms with Gasteiger partial charge in [-0.3, -0.25) is 4.57 Å². The number of nitrogens with zero attached hydrogens (tertiary/aromatic N) is 4. The molecule has 196 valence electrons. The molecule has 0 bridgehead atoms. The summed E-state index contributed by atoms with van der Waals surface area (Å²) < 4.78 is 13.8. The first-order chi connectivity index (χ1) is 17.7. The largest absolute Gasteiger partial charge is 0.474 e. The Hall–Kier alpha value is -3.13. The second kappa shape index (κ2) is 10.7. The van der Waals surface area contributed by atoms with E-state index in [-0.39, 0.29) is 12.0 Å². The van der Waals surface area contributed by atoms with Crippen molar-refractivity contribution in [2.75, 3.05) is 6.54 Å². The van der Waals surface area contributed by atoms with Gasteiger partial charge in [0.2, 0.25) is 5.88 Å². The highest BCUT2D eigenvalue weighted by atomic mass is 35.5. The van der Waals surface area contributed by atoms with Crippen LogP contribution in [0.1, 0.15) is 69.6 Å². The van der Waals surface area contributed by atoms with Gasteiger partial charge in [0.15, 0.2) is 0 Å². The molecule has 1 fully saturated rings. The summed E-state index contributed by atoms with van der Waals surface area (Å²) in [5.41, 5.74) is 1.67. The molecule has 3 heterocycles. The van der Waals surface area contributed by atoms with E-state index in [1.54, 1.807) is 6.20 Å². The highest BCUT2D eigenvalue weighted by Crippen LogP contribution is 2.37. The molecule has 5 rings (SSSR count). The van der Waals surface area contributed by atoms with Crippen LogP contribution in [0.25, 0.3) is 5.69 Å². The van der Waals surface area contributed by atoms with Gasteiger partial charge < -0.3 is 14.8 Å². The minimum Gasteiger partial charge on any atom is -0.474 e. The number of benzene rings is 1. The Balaban J connectivity index is 1.33. The molecule has 1 aromatic carbocycles. The van der Waals surface area contributed by atoms with Crippen molar-refractivity contribution in [1.82, 2.24) is 25.1 Å². The number of aromatic nitrogens is 4. The maximum atomic E-state index is 12.3. The predicted molar refractivity (Wildman–Crippen MR) is 141 cm³/mol. The molecule has 0 spiro atoms. The summed E-state index contributed by atoms with van der Waals surface area (Å²) in [6, 6.07) is 11.7. The molecule has 1 amide bonds. The first kappa shape index (κ1) is 25.5. The van der Waals surface area contributed by atoms with Gasteiger partial charge >= 0.3 is 6.09 Å². The molecule has 1 N–H and O–H groups in total. The van der Waals surface area contributed by atoms with Crippen LogP contribution in [0.5, 0.6) is 5.88 Å². The summed E-state index contributed by atoms with van der Waals surface area (Å²) in [4.78, 5) is 16.6. The zero-order chi connectivity index (χ0) is 26.0. The molecule has 37 heavy (non-hydrogen) atoms. The van der Waals surface area contributed by atoms with Gasteiger partial charge in [-0.25, -0.2) is 9.78 Å². The van der Waals surface area contributed by atoms with Gasteiger partial charge in [0.1, 0.15) is 23.4 Å². The minimum atomic E-state index is -0.537. The Morgan fingerprint density at radius 2 is 1.92 bits per heavy atom. The SMILES string of the molecule is CC(C)(C)OC(=O)NC[C@@H]1Cc2cc(Cl)ccc2-n2c(nnc2C2CCC(Oc3ccccn3)CC2)C1. The zero-order valence-corrected chi connectivity index (χ0v) is 22.4. The average molecular weight is 524 g/mol. The first-order valence-electron chi connectivity index (χ1n) is 13.0. The topological polar surface area (TPSA) is 91.2 Å². The predicted octanol–water partition coefficient (Wildman–Crippen LogP) is 5.66. The van der Waals surface area contributed by atoms with Gasteiger partial charge in [-0.15, -0.1) is 10.2 Å². The average Bonchev–Trinajstić information content (AvgIpc) is 3.19. The maximum Gasteiger partial charge on any atom is 0.407 e. The van der Waals surface area contributed by atoms with Gasteiger partial charge in [-0.1, -0.05) is 17.7 Å². The molecule has 8 nitrogen and oxygen atoms in total. The lowest BCUT2D eigenvalue weighted by molar-refractivity contribution is 0.0519. The van der Waals surface area contributed by atoms with Crippen LogP contribution in [0.4, 0.5) is 4.79 Å². The van der Waals surface area contributed by atoms with E-state index in [2.05, 4.69) is 31.1 Å². The normalized spacial score (nSPS) is 21.4. The van der Waals surface area contributed by atoms with Crippen molar-refractivity contribution < 1.29 is 14.3 Å². The Labute approximate surface area is 222 Å². The van der Waals surface area contributed by atoms with Gasteiger partial charge in [-0.05, 0) is 88.6 Å². The Bertz CT molecular complexity index is 1230. The van der Waals surface area contributed by atoms with Crippen LogP contribution in [-0.4, -0.2) is 44.1 Å². The van der Waals surface area contributed by atoms with Crippen molar-refractivity contribution in [2.45, 2.75) is 76.9 Å². The molecular weight excluding hydrogens is 490 g/mol. The zero-order valence-electron chi connectivity index (χ0n) is 21.6. The lowest BCUT2D eigenvalue weighted by atomic mass is 9.86. The van der Waals surface area contributed by atoms with E-state index in [4.69, 9.17) is 21.1 Å². The second-order valence-electron chi connectivity index (χ2n) is 11.0. The van der Waals surface area contributed by atoms with Crippen molar-refractivity contribution in [3.8, 4) is 11.6 Å². The first-order valence-corrected chi connectivity index (χ1v) is 13.4. The minimum absolute atomic E-state index is 0.144. The van der Waals surface area contributed by atoms with Crippen LogP contribution in [-0.2, 0) is 17.6 Å². The lowest BCUT2D eigenvalue weighted by Crippen LogP contribution is -2.36. The number of amides is 1. The van der Waals surface area contributed by atoms with E-state index < -0.39 is 11.7 Å². The van der Waals surface area contributed by atoms with Crippen LogP contribution in [0.3, 0.4) is 0 Å². The van der Waals surface area contributed by atoms with Gasteiger partial charge in [-0.2, -0.15) is 0 Å². The quantitative estimate of drug-likeness (QED) is 0.464. The third-order valence-corrected chi connectivity index (χ3v) is 7.15. The highest BCUT2D eigenvalue weighted by molar-refractivity contribution is 6.30. The Kier molecular flexibility index (Phi) is 7.38. The molecule has 9 heteroatoms. The van der Waals surface area contributed by atoms with Crippen molar-refractivity contribution >= 4 is 17.7 Å². The summed E-state index contributed by atoms with van der Waals surface area (Å²) in [6.45, 7) is 6.06. The van der Waals surface area contributed by atoms with Crippen LogP contribution in [0, 0.1) is 5.92 Å².